The molecule has 0 amide bonds. The third-order valence-corrected chi connectivity index (χ3v) is 1.59. The van der Waals surface area contributed by atoms with E-state index in [0.717, 1.165) is 13.2 Å². The normalized spacial score (nSPS) is 26.0. The number of hydrogen-bond donors (Lipinski definition) is 0. The summed E-state index contributed by atoms with van der Waals surface area (Å²) in [6.07, 6.45) is 2.44. The van der Waals surface area contributed by atoms with Crippen molar-refractivity contribution in [2.45, 2.75) is 12.8 Å². The Balaban J connectivity index is 2.23. The minimum Gasteiger partial charge on any atom is -0.395 e. The van der Waals surface area contributed by atoms with Gasteiger partial charge < -0.3 is 10.4 Å². The lowest BCUT2D eigenvalue weighted by Crippen LogP contribution is -2.02. The molecule has 2 rings (SSSR count). The van der Waals surface area contributed by atoms with E-state index in [4.69, 9.17) is 4.84 Å². The lowest BCUT2D eigenvalue weighted by molar-refractivity contribution is -0.488. The molecule has 0 aromatic carbocycles. The van der Waals surface area contributed by atoms with E-state index in [9.17, 15) is 0 Å². The van der Waals surface area contributed by atoms with Crippen molar-refractivity contribution in [3.05, 3.63) is 5.59 Å². The Bertz CT molecular complexity index is 113. The van der Waals surface area contributed by atoms with E-state index in [1.54, 1.807) is 0 Å². The fourth-order valence-corrected chi connectivity index (χ4v) is 1.14. The number of hydrogen-bond acceptors (Lipinski definition) is 1. The van der Waals surface area contributed by atoms with Crippen molar-refractivity contribution in [2.24, 2.45) is 0 Å². The molecular formula is C5H8N2O. The van der Waals surface area contributed by atoms with Crippen LogP contribution in [0.15, 0.2) is 0 Å². The maximum Gasteiger partial charge on any atom is 0.174 e. The molecule has 0 aliphatic carbocycles. The third-order valence-electron chi connectivity index (χ3n) is 1.59. The predicted octanol–water partition coefficient (Wildman–Crippen LogP) is 0.468. The maximum atomic E-state index is 4.83. The molecule has 0 atom stereocenters. The van der Waals surface area contributed by atoms with Gasteiger partial charge in [0.15, 0.2) is 5.71 Å². The molecule has 2 aliphatic rings. The van der Waals surface area contributed by atoms with E-state index in [2.05, 4.69) is 5.59 Å². The fourth-order valence-electron chi connectivity index (χ4n) is 1.14. The molecule has 0 aromatic heterocycles. The summed E-state index contributed by atoms with van der Waals surface area (Å²) in [5, 5.41) is 0. The monoisotopic (exact) mass is 112 g/mol. The van der Waals surface area contributed by atoms with E-state index in [-0.39, 0.29) is 0 Å². The Morgan fingerprint density at radius 1 is 1.62 bits per heavy atom. The average molecular weight is 112 g/mol. The largest absolute Gasteiger partial charge is 0.395 e. The molecule has 3 heteroatoms. The van der Waals surface area contributed by atoms with Gasteiger partial charge >= 0.3 is 0 Å². The van der Waals surface area contributed by atoms with Gasteiger partial charge in [-0.05, 0) is 0 Å². The minimum atomic E-state index is 0.736. The number of nitrogens with zero attached hydrogens (tertiary/aromatic N) is 2. The van der Waals surface area contributed by atoms with E-state index < -0.39 is 0 Å². The second-order valence-corrected chi connectivity index (χ2v) is 2.15. The van der Waals surface area contributed by atoms with Crippen molar-refractivity contribution < 1.29 is 9.52 Å². The highest BCUT2D eigenvalue weighted by molar-refractivity contribution is 5.82. The molecule has 0 spiro atoms. The Kier molecular flexibility index (Phi) is 0.784. The average Bonchev–Trinajstić information content (AvgIpc) is 2.15. The van der Waals surface area contributed by atoms with Crippen LogP contribution < -0.4 is 0 Å². The topological polar surface area (TPSA) is 26.3 Å². The molecule has 0 unspecified atom stereocenters. The van der Waals surface area contributed by atoms with Gasteiger partial charge in [-0.15, -0.1) is 0 Å². The first-order valence-corrected chi connectivity index (χ1v) is 2.92. The van der Waals surface area contributed by atoms with Crippen LogP contribution in [0.5, 0.6) is 0 Å². The van der Waals surface area contributed by atoms with Crippen LogP contribution >= 0.6 is 0 Å². The van der Waals surface area contributed by atoms with Gasteiger partial charge in [0, 0.05) is 12.8 Å². The highest BCUT2D eigenvalue weighted by Gasteiger charge is 2.20. The molecule has 0 aromatic rings. The Morgan fingerprint density at radius 3 is 3.50 bits per heavy atom. The smallest absolute Gasteiger partial charge is 0.174 e. The summed E-state index contributed by atoms with van der Waals surface area (Å²) in [5.74, 6) is 0. The van der Waals surface area contributed by atoms with Crippen LogP contribution in [-0.2, 0) is 4.84 Å². The van der Waals surface area contributed by atoms with Crippen LogP contribution in [0.2, 0.25) is 0 Å². The molecule has 8 heavy (non-hydrogen) atoms. The van der Waals surface area contributed by atoms with Gasteiger partial charge in [-0.2, -0.15) is 0 Å². The van der Waals surface area contributed by atoms with Crippen LogP contribution in [-0.4, -0.2) is 23.5 Å². The summed E-state index contributed by atoms with van der Waals surface area (Å²) in [5.41, 5.74) is 5.15. The second-order valence-electron chi connectivity index (χ2n) is 2.15. The highest BCUT2D eigenvalue weighted by Crippen LogP contribution is 2.14. The van der Waals surface area contributed by atoms with E-state index >= 15 is 0 Å². The zero-order valence-corrected chi connectivity index (χ0v) is 4.63. The van der Waals surface area contributed by atoms with E-state index in [0.29, 0.717) is 0 Å². The van der Waals surface area contributed by atoms with Crippen molar-refractivity contribution in [1.29, 1.82) is 0 Å². The first-order chi connectivity index (χ1) is 3.97. The molecule has 0 bridgehead atoms. The van der Waals surface area contributed by atoms with Gasteiger partial charge in [-0.3, -0.25) is 4.68 Å². The van der Waals surface area contributed by atoms with Crippen LogP contribution in [0.25, 0.3) is 5.59 Å². The van der Waals surface area contributed by atoms with Gasteiger partial charge in [0.25, 0.3) is 0 Å². The molecule has 2 heterocycles. The minimum absolute atomic E-state index is 0.736. The maximum absolute atomic E-state index is 4.83. The highest BCUT2D eigenvalue weighted by atomic mass is 16.7. The lowest BCUT2D eigenvalue weighted by atomic mass is 10.3. The SMILES string of the molecule is C1CC2=[N+](C1)[N-]OC2. The zero-order chi connectivity index (χ0) is 5.40. The molecule has 0 N–H and O–H groups in total. The molecule has 0 saturated heterocycles. The Hall–Kier alpha value is -0.570. The zero-order valence-electron chi connectivity index (χ0n) is 4.63. The molecule has 3 nitrogen and oxygen atoms in total. The van der Waals surface area contributed by atoms with Crippen molar-refractivity contribution >= 4 is 5.71 Å². The molecule has 0 radical (unpaired) electrons. The van der Waals surface area contributed by atoms with E-state index in [1.807, 2.05) is 4.68 Å². The van der Waals surface area contributed by atoms with E-state index in [1.165, 1.54) is 18.6 Å². The van der Waals surface area contributed by atoms with Gasteiger partial charge in [0.05, 0.1) is 0 Å². The van der Waals surface area contributed by atoms with Gasteiger partial charge in [-0.25, -0.2) is 0 Å². The van der Waals surface area contributed by atoms with Crippen molar-refractivity contribution in [2.75, 3.05) is 13.2 Å². The summed E-state index contributed by atoms with van der Waals surface area (Å²) in [6, 6.07) is 0. The van der Waals surface area contributed by atoms with Gasteiger partial charge in [0.1, 0.15) is 13.2 Å². The molecule has 0 fully saturated rings. The summed E-state index contributed by atoms with van der Waals surface area (Å²) >= 11 is 0. The Morgan fingerprint density at radius 2 is 2.62 bits per heavy atom. The molecule has 44 valence electrons. The van der Waals surface area contributed by atoms with Gasteiger partial charge in [-0.1, -0.05) is 0 Å². The van der Waals surface area contributed by atoms with Crippen LogP contribution in [0, 0.1) is 0 Å². The quantitative estimate of drug-likeness (QED) is 0.418. The Labute approximate surface area is 47.9 Å². The van der Waals surface area contributed by atoms with Crippen molar-refractivity contribution in [3.63, 3.8) is 0 Å². The van der Waals surface area contributed by atoms with Crippen molar-refractivity contribution in [1.82, 2.24) is 0 Å². The standard InChI is InChI=1S/C5H8N2O/c1-2-5-4-8-6-7(5)3-1/h1-4H2. The summed E-state index contributed by atoms with van der Waals surface area (Å²) in [6.45, 7) is 1.80. The third kappa shape index (κ3) is 0.448. The molecule has 0 saturated carbocycles. The first-order valence-electron chi connectivity index (χ1n) is 2.92. The number of rotatable bonds is 0. The van der Waals surface area contributed by atoms with Crippen molar-refractivity contribution in [3.8, 4) is 0 Å². The fraction of sp³-hybridized carbons (Fsp3) is 0.800. The van der Waals surface area contributed by atoms with Crippen LogP contribution in [0.1, 0.15) is 12.8 Å². The predicted molar refractivity (Wildman–Crippen MR) is 28.7 cm³/mol. The lowest BCUT2D eigenvalue weighted by Gasteiger charge is -2.04. The first kappa shape index (κ1) is 4.32. The van der Waals surface area contributed by atoms with Crippen LogP contribution in [0.4, 0.5) is 0 Å². The molecular weight excluding hydrogens is 104 g/mol. The summed E-state index contributed by atoms with van der Waals surface area (Å²) in [7, 11) is 0. The summed E-state index contributed by atoms with van der Waals surface area (Å²) < 4.78 is 1.96. The van der Waals surface area contributed by atoms with Crippen LogP contribution in [0.3, 0.4) is 0 Å². The second kappa shape index (κ2) is 1.45. The van der Waals surface area contributed by atoms with Gasteiger partial charge in [0.2, 0.25) is 0 Å². The summed E-state index contributed by atoms with van der Waals surface area (Å²) in [4.78, 5) is 4.83. The molecule has 2 aliphatic heterocycles.